The van der Waals surface area contributed by atoms with Crippen molar-refractivity contribution in [2.24, 2.45) is 0 Å². The number of halogens is 1. The van der Waals surface area contributed by atoms with Crippen molar-refractivity contribution in [2.45, 2.75) is 38.6 Å². The molecule has 1 atom stereocenters. The molecule has 0 spiro atoms. The van der Waals surface area contributed by atoms with E-state index in [9.17, 15) is 9.59 Å². The molecule has 0 radical (unpaired) electrons. The fourth-order valence-corrected chi connectivity index (χ4v) is 4.09. The van der Waals surface area contributed by atoms with Gasteiger partial charge in [0, 0.05) is 22.8 Å². The van der Waals surface area contributed by atoms with Gasteiger partial charge in [0.2, 0.25) is 5.91 Å². The molecule has 0 aliphatic heterocycles. The minimum atomic E-state index is -0.375. The van der Waals surface area contributed by atoms with Crippen LogP contribution in [0.2, 0.25) is 5.02 Å². The number of rotatable bonds is 10. The topological polar surface area (TPSA) is 86.1 Å². The lowest BCUT2D eigenvalue weighted by atomic mass is 10.1. The summed E-state index contributed by atoms with van der Waals surface area (Å²) in [4.78, 5) is 23.8. The molecule has 0 aliphatic rings. The van der Waals surface area contributed by atoms with Crippen molar-refractivity contribution < 1.29 is 14.3 Å². The molecule has 0 aliphatic carbocycles. The first-order valence-corrected chi connectivity index (χ1v) is 11.6. The molecular weight excluding hydrogens is 460 g/mol. The zero-order chi connectivity index (χ0) is 24.0. The van der Waals surface area contributed by atoms with Crippen molar-refractivity contribution in [2.75, 3.05) is 11.1 Å². The summed E-state index contributed by atoms with van der Waals surface area (Å²) in [6.07, 6.45) is 1.37. The van der Waals surface area contributed by atoms with E-state index in [1.54, 1.807) is 36.4 Å². The smallest absolute Gasteiger partial charge is 0.234 e. The number of thioether (sulfide) groups is 1. The maximum Gasteiger partial charge on any atom is 0.234 e. The van der Waals surface area contributed by atoms with Crippen LogP contribution in [0.3, 0.4) is 0 Å². The van der Waals surface area contributed by atoms with Gasteiger partial charge in [0.15, 0.2) is 22.9 Å². The van der Waals surface area contributed by atoms with E-state index in [4.69, 9.17) is 16.3 Å². The van der Waals surface area contributed by atoms with Gasteiger partial charge in [0.1, 0.15) is 5.75 Å². The normalized spacial score (nSPS) is 11.6. The van der Waals surface area contributed by atoms with Crippen LogP contribution in [-0.2, 0) is 11.3 Å². The molecule has 0 saturated carbocycles. The highest BCUT2D eigenvalue weighted by atomic mass is 35.5. The molecule has 0 fully saturated rings. The van der Waals surface area contributed by atoms with E-state index in [0.717, 1.165) is 5.56 Å². The highest BCUT2D eigenvalue weighted by Crippen LogP contribution is 2.28. The summed E-state index contributed by atoms with van der Waals surface area (Å²) in [6.45, 7) is 9.61. The van der Waals surface area contributed by atoms with Crippen molar-refractivity contribution in [3.8, 4) is 5.75 Å². The molecule has 2 aromatic carbocycles. The van der Waals surface area contributed by atoms with Crippen LogP contribution in [0.15, 0.2) is 60.3 Å². The molecule has 1 unspecified atom stereocenters. The SMILES string of the molecule is C=CCn1c(SCC(=O)Nc2ccc(C(C)=O)cc2)nnc1C(C)Oc1ccc(Cl)cc1C. The van der Waals surface area contributed by atoms with Crippen LogP contribution in [0.1, 0.15) is 41.7 Å². The first-order valence-electron chi connectivity index (χ1n) is 10.3. The second kappa shape index (κ2) is 11.2. The quantitative estimate of drug-likeness (QED) is 0.232. The molecule has 33 heavy (non-hydrogen) atoms. The number of hydrogen-bond acceptors (Lipinski definition) is 6. The van der Waals surface area contributed by atoms with Gasteiger partial charge in [-0.15, -0.1) is 16.8 Å². The molecule has 1 amide bonds. The summed E-state index contributed by atoms with van der Waals surface area (Å²) >= 11 is 7.30. The lowest BCUT2D eigenvalue weighted by Gasteiger charge is -2.17. The summed E-state index contributed by atoms with van der Waals surface area (Å²) < 4.78 is 7.97. The van der Waals surface area contributed by atoms with Crippen LogP contribution in [0, 0.1) is 6.92 Å². The summed E-state index contributed by atoms with van der Waals surface area (Å²) in [7, 11) is 0. The molecular formula is C24H25ClN4O3S. The number of allylic oxidation sites excluding steroid dienone is 1. The standard InChI is InChI=1S/C24H25ClN4O3S/c1-5-12-29-23(17(4)32-21-11-8-19(25)13-15(21)2)27-28-24(29)33-14-22(31)26-20-9-6-18(7-10-20)16(3)30/h5-11,13,17H,1,12,14H2,2-4H3,(H,26,31). The first kappa shape index (κ1) is 24.5. The summed E-state index contributed by atoms with van der Waals surface area (Å²) in [6, 6.07) is 12.2. The van der Waals surface area contributed by atoms with Crippen LogP contribution in [0.25, 0.3) is 0 Å². The van der Waals surface area contributed by atoms with Crippen molar-refractivity contribution in [1.82, 2.24) is 14.8 Å². The molecule has 7 nitrogen and oxygen atoms in total. The zero-order valence-corrected chi connectivity index (χ0v) is 20.2. The zero-order valence-electron chi connectivity index (χ0n) is 18.7. The number of carbonyl (C=O) groups is 2. The average Bonchev–Trinajstić information content (AvgIpc) is 3.17. The van der Waals surface area contributed by atoms with Crippen LogP contribution >= 0.6 is 23.4 Å². The maximum absolute atomic E-state index is 12.4. The average molecular weight is 485 g/mol. The van der Waals surface area contributed by atoms with Gasteiger partial charge in [0.05, 0.1) is 5.75 Å². The number of hydrogen-bond donors (Lipinski definition) is 1. The highest BCUT2D eigenvalue weighted by Gasteiger charge is 2.20. The minimum absolute atomic E-state index is 0.0229. The Hall–Kier alpha value is -3.10. The predicted octanol–water partition coefficient (Wildman–Crippen LogP) is 5.50. The second-order valence-electron chi connectivity index (χ2n) is 7.38. The molecule has 9 heteroatoms. The number of benzene rings is 2. The van der Waals surface area contributed by atoms with Gasteiger partial charge in [-0.1, -0.05) is 29.4 Å². The summed E-state index contributed by atoms with van der Waals surface area (Å²) in [5.74, 6) is 1.28. The van der Waals surface area contributed by atoms with E-state index >= 15 is 0 Å². The monoisotopic (exact) mass is 484 g/mol. The fourth-order valence-electron chi connectivity index (χ4n) is 3.11. The Morgan fingerprint density at radius 3 is 2.61 bits per heavy atom. The van der Waals surface area contributed by atoms with Crippen LogP contribution < -0.4 is 10.1 Å². The largest absolute Gasteiger partial charge is 0.482 e. The molecule has 1 N–H and O–H groups in total. The lowest BCUT2D eigenvalue weighted by Crippen LogP contribution is -2.15. The third kappa shape index (κ3) is 6.46. The number of carbonyl (C=O) groups excluding carboxylic acids is 2. The predicted molar refractivity (Wildman–Crippen MR) is 131 cm³/mol. The Morgan fingerprint density at radius 1 is 1.24 bits per heavy atom. The summed E-state index contributed by atoms with van der Waals surface area (Å²) in [5.41, 5.74) is 2.14. The highest BCUT2D eigenvalue weighted by molar-refractivity contribution is 7.99. The van der Waals surface area contributed by atoms with Crippen LogP contribution in [0.5, 0.6) is 5.75 Å². The van der Waals surface area contributed by atoms with Crippen molar-refractivity contribution in [1.29, 1.82) is 0 Å². The number of aromatic nitrogens is 3. The van der Waals surface area contributed by atoms with Gasteiger partial charge in [0.25, 0.3) is 0 Å². The number of nitrogens with zero attached hydrogens (tertiary/aromatic N) is 3. The Labute approximate surface area is 202 Å². The van der Waals surface area contributed by atoms with E-state index < -0.39 is 0 Å². The molecule has 3 aromatic rings. The van der Waals surface area contributed by atoms with E-state index in [0.29, 0.717) is 39.5 Å². The number of aryl methyl sites for hydroxylation is 1. The number of Topliss-reactive ketones (excluding diaryl/α,β-unsaturated/α-hetero) is 1. The number of ether oxygens (including phenoxy) is 1. The lowest BCUT2D eigenvalue weighted by molar-refractivity contribution is -0.113. The third-order valence-corrected chi connectivity index (χ3v) is 5.97. The van der Waals surface area contributed by atoms with Gasteiger partial charge in [-0.3, -0.25) is 14.2 Å². The molecule has 1 aromatic heterocycles. The van der Waals surface area contributed by atoms with E-state index in [1.165, 1.54) is 18.7 Å². The van der Waals surface area contributed by atoms with E-state index in [2.05, 4.69) is 22.1 Å². The number of amides is 1. The Kier molecular flexibility index (Phi) is 8.30. The van der Waals surface area contributed by atoms with Crippen molar-refractivity contribution in [3.05, 3.63) is 77.1 Å². The minimum Gasteiger partial charge on any atom is -0.482 e. The third-order valence-electron chi connectivity index (χ3n) is 4.77. The van der Waals surface area contributed by atoms with Gasteiger partial charge in [-0.2, -0.15) is 0 Å². The van der Waals surface area contributed by atoms with Gasteiger partial charge >= 0.3 is 0 Å². The second-order valence-corrected chi connectivity index (χ2v) is 8.76. The van der Waals surface area contributed by atoms with Crippen LogP contribution in [0.4, 0.5) is 5.69 Å². The Balaban J connectivity index is 1.66. The molecule has 172 valence electrons. The maximum atomic E-state index is 12.4. The molecule has 3 rings (SSSR count). The van der Waals surface area contributed by atoms with Gasteiger partial charge < -0.3 is 10.1 Å². The van der Waals surface area contributed by atoms with Crippen LogP contribution in [-0.4, -0.2) is 32.2 Å². The van der Waals surface area contributed by atoms with Gasteiger partial charge in [-0.05, 0) is 68.8 Å². The Morgan fingerprint density at radius 2 is 1.97 bits per heavy atom. The van der Waals surface area contributed by atoms with Gasteiger partial charge in [-0.25, -0.2) is 0 Å². The fraction of sp³-hybridized carbons (Fsp3) is 0.250. The number of ketones is 1. The van der Waals surface area contributed by atoms with E-state index in [1.807, 2.05) is 30.5 Å². The van der Waals surface area contributed by atoms with E-state index in [-0.39, 0.29) is 23.5 Å². The van der Waals surface area contributed by atoms with Crippen molar-refractivity contribution >= 4 is 40.7 Å². The Bertz CT molecular complexity index is 1160. The number of nitrogens with one attached hydrogen (secondary N) is 1. The molecule has 0 bridgehead atoms. The number of anilines is 1. The molecule has 0 saturated heterocycles. The molecule has 1 heterocycles. The summed E-state index contributed by atoms with van der Waals surface area (Å²) in [5, 5.41) is 12.6. The first-order chi connectivity index (χ1) is 15.8. The van der Waals surface area contributed by atoms with Crippen molar-refractivity contribution in [3.63, 3.8) is 0 Å².